The molecule has 1 amide bonds. The van der Waals surface area contributed by atoms with Gasteiger partial charge in [0.05, 0.1) is 6.54 Å². The minimum Gasteiger partial charge on any atom is -0.325 e. The van der Waals surface area contributed by atoms with Crippen molar-refractivity contribution in [3.63, 3.8) is 0 Å². The van der Waals surface area contributed by atoms with Crippen LogP contribution in [-0.4, -0.2) is 30.4 Å². The highest BCUT2D eigenvalue weighted by atomic mass is 16.2. The monoisotopic (exact) mass is 260 g/mol. The summed E-state index contributed by atoms with van der Waals surface area (Å²) in [5, 5.41) is 2.97. The van der Waals surface area contributed by atoms with E-state index in [0.29, 0.717) is 18.4 Å². The Morgan fingerprint density at radius 3 is 2.37 bits per heavy atom. The molecular formula is C16H24N2O. The van der Waals surface area contributed by atoms with Gasteiger partial charge >= 0.3 is 0 Å². The van der Waals surface area contributed by atoms with E-state index in [4.69, 9.17) is 0 Å². The molecule has 0 spiro atoms. The summed E-state index contributed by atoms with van der Waals surface area (Å²) in [6.45, 7) is 9.14. The van der Waals surface area contributed by atoms with Crippen molar-refractivity contribution in [3.8, 4) is 0 Å². The maximum Gasteiger partial charge on any atom is 0.238 e. The molecule has 3 heteroatoms. The Balaban J connectivity index is 1.85. The Kier molecular flexibility index (Phi) is 4.59. The summed E-state index contributed by atoms with van der Waals surface area (Å²) in [6, 6.07) is 7.94. The molecule has 0 aliphatic carbocycles. The van der Waals surface area contributed by atoms with Gasteiger partial charge in [0.15, 0.2) is 0 Å². The zero-order valence-electron chi connectivity index (χ0n) is 12.1. The van der Waals surface area contributed by atoms with Gasteiger partial charge in [-0.25, -0.2) is 0 Å². The van der Waals surface area contributed by atoms with E-state index in [1.165, 1.54) is 12.0 Å². The molecule has 3 nitrogen and oxygen atoms in total. The molecule has 1 fully saturated rings. The Morgan fingerprint density at radius 1 is 1.21 bits per heavy atom. The van der Waals surface area contributed by atoms with Crippen molar-refractivity contribution in [2.24, 2.45) is 11.8 Å². The summed E-state index contributed by atoms with van der Waals surface area (Å²) in [7, 11) is 0. The summed E-state index contributed by atoms with van der Waals surface area (Å²) in [5.41, 5.74) is 2.09. The molecule has 1 aliphatic heterocycles. The highest BCUT2D eigenvalue weighted by Gasteiger charge is 2.23. The number of nitrogens with one attached hydrogen (secondary N) is 1. The number of rotatable bonds is 3. The molecule has 0 radical (unpaired) electrons. The quantitative estimate of drug-likeness (QED) is 0.906. The van der Waals surface area contributed by atoms with Crippen molar-refractivity contribution in [3.05, 3.63) is 29.8 Å². The molecule has 1 N–H and O–H groups in total. The summed E-state index contributed by atoms with van der Waals surface area (Å²) >= 11 is 0. The van der Waals surface area contributed by atoms with Crippen molar-refractivity contribution >= 4 is 11.6 Å². The highest BCUT2D eigenvalue weighted by molar-refractivity contribution is 5.92. The number of benzene rings is 1. The second-order valence-electron chi connectivity index (χ2n) is 6.05. The first-order valence-electron chi connectivity index (χ1n) is 7.12. The SMILES string of the molecule is Cc1ccc(NC(=O)CN2CC(C)CC(C)C2)cc1. The number of hydrogen-bond donors (Lipinski definition) is 1. The van der Waals surface area contributed by atoms with Gasteiger partial charge in [0.1, 0.15) is 0 Å². The minimum atomic E-state index is 0.0881. The van der Waals surface area contributed by atoms with Crippen molar-refractivity contribution in [2.75, 3.05) is 25.0 Å². The molecule has 1 heterocycles. The van der Waals surface area contributed by atoms with Crippen LogP contribution in [0.3, 0.4) is 0 Å². The van der Waals surface area contributed by atoms with E-state index in [-0.39, 0.29) is 5.91 Å². The normalized spacial score (nSPS) is 24.2. The molecule has 1 aliphatic rings. The van der Waals surface area contributed by atoms with E-state index < -0.39 is 0 Å². The molecule has 19 heavy (non-hydrogen) atoms. The van der Waals surface area contributed by atoms with Gasteiger partial charge in [-0.2, -0.15) is 0 Å². The Labute approximate surface area is 116 Å². The molecule has 0 aromatic heterocycles. The first kappa shape index (κ1) is 14.1. The predicted molar refractivity (Wildman–Crippen MR) is 79.2 cm³/mol. The Bertz CT molecular complexity index is 417. The topological polar surface area (TPSA) is 32.3 Å². The standard InChI is InChI=1S/C16H24N2O/c1-12-4-6-15(7-5-12)17-16(19)11-18-9-13(2)8-14(3)10-18/h4-7,13-14H,8-11H2,1-3H3,(H,17,19). The molecule has 1 saturated heterocycles. The highest BCUT2D eigenvalue weighted by Crippen LogP contribution is 2.20. The van der Waals surface area contributed by atoms with Crippen molar-refractivity contribution in [1.82, 2.24) is 4.90 Å². The third kappa shape index (κ3) is 4.35. The van der Waals surface area contributed by atoms with Gasteiger partial charge < -0.3 is 5.32 Å². The van der Waals surface area contributed by atoms with Crippen LogP contribution >= 0.6 is 0 Å². The number of piperidine rings is 1. The molecule has 1 aromatic rings. The van der Waals surface area contributed by atoms with E-state index in [1.54, 1.807) is 0 Å². The van der Waals surface area contributed by atoms with Gasteiger partial charge in [0.25, 0.3) is 0 Å². The first-order valence-corrected chi connectivity index (χ1v) is 7.12. The lowest BCUT2D eigenvalue weighted by Gasteiger charge is -2.34. The minimum absolute atomic E-state index is 0.0881. The van der Waals surface area contributed by atoms with E-state index in [9.17, 15) is 4.79 Å². The molecular weight excluding hydrogens is 236 g/mol. The zero-order valence-corrected chi connectivity index (χ0v) is 12.1. The number of nitrogens with zero attached hydrogens (tertiary/aromatic N) is 1. The van der Waals surface area contributed by atoms with Gasteiger partial charge in [-0.15, -0.1) is 0 Å². The second-order valence-corrected chi connectivity index (χ2v) is 6.05. The van der Waals surface area contributed by atoms with Crippen LogP contribution in [0.4, 0.5) is 5.69 Å². The van der Waals surface area contributed by atoms with Gasteiger partial charge in [0.2, 0.25) is 5.91 Å². The number of anilines is 1. The average Bonchev–Trinajstić information content (AvgIpc) is 2.30. The maximum atomic E-state index is 12.0. The van der Waals surface area contributed by atoms with Crippen LogP contribution in [0.2, 0.25) is 0 Å². The van der Waals surface area contributed by atoms with Gasteiger partial charge in [-0.3, -0.25) is 9.69 Å². The third-order valence-corrected chi connectivity index (χ3v) is 3.65. The fourth-order valence-electron chi connectivity index (χ4n) is 2.96. The summed E-state index contributed by atoms with van der Waals surface area (Å²) < 4.78 is 0. The summed E-state index contributed by atoms with van der Waals surface area (Å²) in [6.07, 6.45) is 1.27. The Morgan fingerprint density at radius 2 is 1.79 bits per heavy atom. The van der Waals surface area contributed by atoms with Crippen molar-refractivity contribution in [1.29, 1.82) is 0 Å². The van der Waals surface area contributed by atoms with Crippen molar-refractivity contribution in [2.45, 2.75) is 27.2 Å². The maximum absolute atomic E-state index is 12.0. The zero-order chi connectivity index (χ0) is 13.8. The molecule has 2 atom stereocenters. The molecule has 2 rings (SSSR count). The lowest BCUT2D eigenvalue weighted by molar-refractivity contribution is -0.117. The van der Waals surface area contributed by atoms with E-state index in [0.717, 1.165) is 18.8 Å². The average molecular weight is 260 g/mol. The molecule has 1 aromatic carbocycles. The van der Waals surface area contributed by atoms with E-state index in [1.807, 2.05) is 31.2 Å². The van der Waals surface area contributed by atoms with Gasteiger partial charge in [-0.05, 0) is 37.3 Å². The van der Waals surface area contributed by atoms with Crippen LogP contribution in [0.1, 0.15) is 25.8 Å². The predicted octanol–water partition coefficient (Wildman–Crippen LogP) is 2.91. The molecule has 0 bridgehead atoms. The number of hydrogen-bond acceptors (Lipinski definition) is 2. The van der Waals surface area contributed by atoms with Crippen LogP contribution in [-0.2, 0) is 4.79 Å². The second kappa shape index (κ2) is 6.20. The number of aryl methyl sites for hydroxylation is 1. The summed E-state index contributed by atoms with van der Waals surface area (Å²) in [5.74, 6) is 1.47. The number of likely N-dealkylation sites (tertiary alicyclic amines) is 1. The van der Waals surface area contributed by atoms with Gasteiger partial charge in [0, 0.05) is 18.8 Å². The number of carbonyl (C=O) groups is 1. The molecule has 0 saturated carbocycles. The van der Waals surface area contributed by atoms with Crippen LogP contribution < -0.4 is 5.32 Å². The molecule has 2 unspecified atom stereocenters. The van der Waals surface area contributed by atoms with E-state index in [2.05, 4.69) is 24.1 Å². The van der Waals surface area contributed by atoms with E-state index >= 15 is 0 Å². The first-order chi connectivity index (χ1) is 9.02. The molecule has 104 valence electrons. The van der Waals surface area contributed by atoms with Crippen molar-refractivity contribution < 1.29 is 4.79 Å². The van der Waals surface area contributed by atoms with Gasteiger partial charge in [-0.1, -0.05) is 31.5 Å². The summed E-state index contributed by atoms with van der Waals surface area (Å²) in [4.78, 5) is 14.3. The lowest BCUT2D eigenvalue weighted by atomic mass is 9.92. The number of amides is 1. The van der Waals surface area contributed by atoms with Crippen LogP contribution in [0.5, 0.6) is 0 Å². The van der Waals surface area contributed by atoms with Crippen LogP contribution in [0, 0.1) is 18.8 Å². The van der Waals surface area contributed by atoms with Crippen LogP contribution in [0.15, 0.2) is 24.3 Å². The third-order valence-electron chi connectivity index (χ3n) is 3.65. The lowest BCUT2D eigenvalue weighted by Crippen LogP contribution is -2.42. The largest absolute Gasteiger partial charge is 0.325 e. The fraction of sp³-hybridized carbons (Fsp3) is 0.562. The van der Waals surface area contributed by atoms with Crippen LogP contribution in [0.25, 0.3) is 0 Å². The Hall–Kier alpha value is -1.35. The fourth-order valence-corrected chi connectivity index (χ4v) is 2.96. The number of carbonyl (C=O) groups excluding carboxylic acids is 1. The smallest absolute Gasteiger partial charge is 0.238 e.